The summed E-state index contributed by atoms with van der Waals surface area (Å²) in [5.41, 5.74) is 1.52. The first-order chi connectivity index (χ1) is 5.45. The maximum Gasteiger partial charge on any atom is 0.0388 e. The molecule has 0 aromatic carbocycles. The lowest BCUT2D eigenvalue weighted by atomic mass is 9.85. The molecule has 11 heavy (non-hydrogen) atoms. The molecule has 0 spiro atoms. The zero-order valence-electron chi connectivity index (χ0n) is 7.18. The van der Waals surface area contributed by atoms with E-state index in [1.54, 1.807) is 0 Å². The van der Waals surface area contributed by atoms with E-state index in [4.69, 9.17) is 0 Å². The van der Waals surface area contributed by atoms with Crippen LogP contribution in [0.25, 0.3) is 0 Å². The highest BCUT2D eigenvalue weighted by molar-refractivity contribution is 5.85. The maximum absolute atomic E-state index is 4.62. The Morgan fingerprint density at radius 3 is 2.64 bits per heavy atom. The second kappa shape index (κ2) is 3.38. The van der Waals surface area contributed by atoms with Gasteiger partial charge in [-0.05, 0) is 38.0 Å². The Labute approximate surface area is 68.9 Å². The molecule has 62 valence electrons. The van der Waals surface area contributed by atoms with Crippen molar-refractivity contribution in [3.05, 3.63) is 0 Å². The fourth-order valence-electron chi connectivity index (χ4n) is 2.24. The number of rotatable bonds is 0. The van der Waals surface area contributed by atoms with Crippen molar-refractivity contribution >= 4 is 5.71 Å². The first kappa shape index (κ1) is 7.33. The van der Waals surface area contributed by atoms with Crippen molar-refractivity contribution in [3.8, 4) is 0 Å². The average molecular weight is 151 g/mol. The molecule has 1 nitrogen and oxygen atoms in total. The normalized spacial score (nSPS) is 32.0. The van der Waals surface area contributed by atoms with Gasteiger partial charge in [-0.2, -0.15) is 0 Å². The molecule has 2 bridgehead atoms. The summed E-state index contributed by atoms with van der Waals surface area (Å²) in [5, 5.41) is 0. The molecule has 0 radical (unpaired) electrons. The Hall–Kier alpha value is -0.330. The molecule has 3 rings (SSSR count). The van der Waals surface area contributed by atoms with Crippen molar-refractivity contribution < 1.29 is 0 Å². The summed E-state index contributed by atoms with van der Waals surface area (Å²) >= 11 is 0. The van der Waals surface area contributed by atoms with Crippen LogP contribution in [0.5, 0.6) is 0 Å². The molecule has 0 aromatic rings. The number of aliphatic imine (C=N–C) groups is 1. The van der Waals surface area contributed by atoms with Gasteiger partial charge < -0.3 is 0 Å². The van der Waals surface area contributed by atoms with Crippen molar-refractivity contribution in [2.75, 3.05) is 6.54 Å². The second-order valence-corrected chi connectivity index (χ2v) is 3.89. The van der Waals surface area contributed by atoms with Crippen molar-refractivity contribution in [1.82, 2.24) is 0 Å². The second-order valence-electron chi connectivity index (χ2n) is 3.89. The predicted octanol–water partition coefficient (Wildman–Crippen LogP) is 2.80. The molecule has 1 heteroatoms. The van der Waals surface area contributed by atoms with E-state index in [1.807, 2.05) is 0 Å². The molecule has 0 unspecified atom stereocenters. The van der Waals surface area contributed by atoms with Crippen LogP contribution in [-0.4, -0.2) is 12.3 Å². The number of fused-ring (bicyclic) bond motifs is 6. The number of hydrogen-bond acceptors (Lipinski definition) is 1. The first-order valence-electron chi connectivity index (χ1n) is 4.97. The molecule has 0 N–H and O–H groups in total. The van der Waals surface area contributed by atoms with Crippen LogP contribution < -0.4 is 0 Å². The Balaban J connectivity index is 2.03. The van der Waals surface area contributed by atoms with Gasteiger partial charge in [0.05, 0.1) is 0 Å². The SMILES string of the molecule is C1CCC2CCC(=NC1)CC2. The summed E-state index contributed by atoms with van der Waals surface area (Å²) in [6, 6.07) is 0. The van der Waals surface area contributed by atoms with Crippen LogP contribution in [0.2, 0.25) is 0 Å². The van der Waals surface area contributed by atoms with Gasteiger partial charge in [-0.1, -0.05) is 12.8 Å². The van der Waals surface area contributed by atoms with Gasteiger partial charge in [0.2, 0.25) is 0 Å². The van der Waals surface area contributed by atoms with E-state index in [-0.39, 0.29) is 0 Å². The summed E-state index contributed by atoms with van der Waals surface area (Å²) in [5.74, 6) is 1.05. The molecule has 3 aliphatic rings. The highest BCUT2D eigenvalue weighted by atomic mass is 14.7. The van der Waals surface area contributed by atoms with Crippen molar-refractivity contribution in [2.24, 2.45) is 10.9 Å². The Morgan fingerprint density at radius 2 is 1.82 bits per heavy atom. The van der Waals surface area contributed by atoms with Gasteiger partial charge in [-0.3, -0.25) is 4.99 Å². The number of hydrogen-bond donors (Lipinski definition) is 0. The van der Waals surface area contributed by atoms with E-state index in [1.165, 1.54) is 50.7 Å². The van der Waals surface area contributed by atoms with Crippen molar-refractivity contribution in [3.63, 3.8) is 0 Å². The summed E-state index contributed by atoms with van der Waals surface area (Å²) in [7, 11) is 0. The van der Waals surface area contributed by atoms with Gasteiger partial charge in [-0.25, -0.2) is 0 Å². The van der Waals surface area contributed by atoms with Gasteiger partial charge in [-0.15, -0.1) is 0 Å². The van der Waals surface area contributed by atoms with Crippen molar-refractivity contribution in [1.29, 1.82) is 0 Å². The fraction of sp³-hybridized carbons (Fsp3) is 0.900. The van der Waals surface area contributed by atoms with E-state index in [0.717, 1.165) is 12.5 Å². The molecule has 1 saturated carbocycles. The first-order valence-corrected chi connectivity index (χ1v) is 4.97. The molecule has 0 saturated heterocycles. The van der Waals surface area contributed by atoms with Crippen LogP contribution in [0.1, 0.15) is 44.9 Å². The van der Waals surface area contributed by atoms with Gasteiger partial charge in [0, 0.05) is 12.3 Å². The molecule has 2 aliphatic heterocycles. The average Bonchev–Trinajstić information content (AvgIpc) is 2.21. The van der Waals surface area contributed by atoms with Gasteiger partial charge in [0.1, 0.15) is 0 Å². The molecule has 1 aliphatic carbocycles. The largest absolute Gasteiger partial charge is 0.294 e. The van der Waals surface area contributed by atoms with Gasteiger partial charge in [0.15, 0.2) is 0 Å². The minimum Gasteiger partial charge on any atom is -0.294 e. The van der Waals surface area contributed by atoms with Crippen LogP contribution in [0.3, 0.4) is 0 Å². The van der Waals surface area contributed by atoms with E-state index >= 15 is 0 Å². The quantitative estimate of drug-likeness (QED) is 0.505. The van der Waals surface area contributed by atoms with Crippen LogP contribution in [0, 0.1) is 5.92 Å². The van der Waals surface area contributed by atoms with Crippen LogP contribution in [0.15, 0.2) is 4.99 Å². The third kappa shape index (κ3) is 1.82. The summed E-state index contributed by atoms with van der Waals surface area (Å²) < 4.78 is 0. The van der Waals surface area contributed by atoms with Gasteiger partial charge in [0.25, 0.3) is 0 Å². The lowest BCUT2D eigenvalue weighted by Crippen LogP contribution is -2.13. The Kier molecular flexibility index (Phi) is 2.25. The predicted molar refractivity (Wildman–Crippen MR) is 48.1 cm³/mol. The minimum atomic E-state index is 1.05. The zero-order valence-corrected chi connectivity index (χ0v) is 7.18. The molecule has 1 fully saturated rings. The topological polar surface area (TPSA) is 12.4 Å². The Morgan fingerprint density at radius 1 is 1.00 bits per heavy atom. The van der Waals surface area contributed by atoms with Crippen molar-refractivity contribution in [2.45, 2.75) is 44.9 Å². The van der Waals surface area contributed by atoms with E-state index in [0.29, 0.717) is 0 Å². The van der Waals surface area contributed by atoms with Crippen LogP contribution in [-0.2, 0) is 0 Å². The summed E-state index contributed by atoms with van der Waals surface area (Å²) in [6.45, 7) is 1.11. The van der Waals surface area contributed by atoms with Gasteiger partial charge >= 0.3 is 0 Å². The summed E-state index contributed by atoms with van der Waals surface area (Å²) in [6.07, 6.45) is 9.71. The standard InChI is InChI=1S/C10H17N/c1-2-8-11-10-6-4-9(3-1)5-7-10/h9H,1-8H2. The molecule has 0 aromatic heterocycles. The maximum atomic E-state index is 4.62. The molecular formula is C10H17N. The molecule has 0 atom stereocenters. The Bertz CT molecular complexity index is 150. The minimum absolute atomic E-state index is 1.05. The van der Waals surface area contributed by atoms with Crippen LogP contribution >= 0.6 is 0 Å². The number of nitrogens with zero attached hydrogens (tertiary/aromatic N) is 1. The fourth-order valence-corrected chi connectivity index (χ4v) is 2.24. The lowest BCUT2D eigenvalue weighted by molar-refractivity contribution is 0.404. The monoisotopic (exact) mass is 151 g/mol. The lowest BCUT2D eigenvalue weighted by Gasteiger charge is -2.21. The van der Waals surface area contributed by atoms with Crippen LogP contribution in [0.4, 0.5) is 0 Å². The third-order valence-corrected chi connectivity index (χ3v) is 3.04. The summed E-state index contributed by atoms with van der Waals surface area (Å²) in [4.78, 5) is 4.62. The van der Waals surface area contributed by atoms with E-state index in [9.17, 15) is 0 Å². The zero-order chi connectivity index (χ0) is 7.52. The van der Waals surface area contributed by atoms with E-state index < -0.39 is 0 Å². The molecule has 0 amide bonds. The third-order valence-electron chi connectivity index (χ3n) is 3.04. The molecular weight excluding hydrogens is 134 g/mol. The highest BCUT2D eigenvalue weighted by Crippen LogP contribution is 2.28. The highest BCUT2D eigenvalue weighted by Gasteiger charge is 2.17. The van der Waals surface area contributed by atoms with E-state index in [2.05, 4.69) is 4.99 Å². The smallest absolute Gasteiger partial charge is 0.0388 e. The molecule has 2 heterocycles.